The number of esters is 1. The lowest BCUT2D eigenvalue weighted by Crippen LogP contribution is -2.30. The summed E-state index contributed by atoms with van der Waals surface area (Å²) in [5.74, 6) is 1.95. The number of aromatic nitrogens is 1. The van der Waals surface area contributed by atoms with Crippen molar-refractivity contribution in [3.63, 3.8) is 0 Å². The molecule has 18 heavy (non-hydrogen) atoms. The van der Waals surface area contributed by atoms with E-state index in [-0.39, 0.29) is 5.56 Å². The molecule has 2 N–H and O–H groups in total. The molecular weight excluding hydrogens is 244 g/mol. The average Bonchev–Trinajstić information content (AvgIpc) is 2.19. The number of hydrogen-bond acceptors (Lipinski definition) is 5. The lowest BCUT2D eigenvalue weighted by atomic mass is 10.1. The van der Waals surface area contributed by atoms with Crippen molar-refractivity contribution in [1.29, 1.82) is 0 Å². The van der Waals surface area contributed by atoms with Gasteiger partial charge in [0.2, 0.25) is 11.9 Å². The third kappa shape index (κ3) is 3.47. The van der Waals surface area contributed by atoms with E-state index in [0.29, 0.717) is 0 Å². The van der Waals surface area contributed by atoms with E-state index in [1.165, 1.54) is 0 Å². The maximum Gasteiger partial charge on any atom is 0.360 e. The molecule has 0 spiro atoms. The van der Waals surface area contributed by atoms with E-state index in [4.69, 9.17) is 10.6 Å². The zero-order valence-corrected chi connectivity index (χ0v) is 10.2. The molecule has 0 bridgehead atoms. The topological polar surface area (TPSA) is 77.6 Å². The van der Waals surface area contributed by atoms with Crippen LogP contribution in [0, 0.1) is 11.9 Å². The molecule has 0 aromatic carbocycles. The fraction of sp³-hybridized carbons (Fsp3) is 0.364. The quantitative estimate of drug-likeness (QED) is 0.285. The number of hydrazone groups is 1. The molecule has 1 rings (SSSR count). The lowest BCUT2D eigenvalue weighted by Gasteiger charge is -2.19. The van der Waals surface area contributed by atoms with Crippen LogP contribution >= 0.6 is 0 Å². The zero-order valence-electron chi connectivity index (χ0n) is 10.2. The van der Waals surface area contributed by atoms with Gasteiger partial charge in [-0.3, -0.25) is 0 Å². The monoisotopic (exact) mass is 257 g/mol. The highest BCUT2D eigenvalue weighted by atomic mass is 19.1. The molecule has 0 unspecified atom stereocenters. The number of rotatable bonds is 2. The predicted molar refractivity (Wildman–Crippen MR) is 60.7 cm³/mol. The number of hydrogen-bond donors (Lipinski definition) is 1. The van der Waals surface area contributed by atoms with Gasteiger partial charge in [0.1, 0.15) is 5.60 Å². The van der Waals surface area contributed by atoms with Crippen LogP contribution in [0.25, 0.3) is 0 Å². The van der Waals surface area contributed by atoms with Gasteiger partial charge < -0.3 is 10.6 Å². The predicted octanol–water partition coefficient (Wildman–Crippen LogP) is 1.36. The zero-order chi connectivity index (χ0) is 13.9. The number of carbonyl (C=O) groups excluding carboxylic acids is 1. The second-order valence-corrected chi connectivity index (χ2v) is 4.45. The highest BCUT2D eigenvalue weighted by Crippen LogP contribution is 2.12. The summed E-state index contributed by atoms with van der Waals surface area (Å²) in [7, 11) is 0. The fourth-order valence-corrected chi connectivity index (χ4v) is 1.15. The van der Waals surface area contributed by atoms with Crippen molar-refractivity contribution in [2.75, 3.05) is 0 Å². The summed E-state index contributed by atoms with van der Waals surface area (Å²) in [4.78, 5) is 14.7. The highest BCUT2D eigenvalue weighted by molar-refractivity contribution is 6.43. The van der Waals surface area contributed by atoms with Crippen LogP contribution in [-0.2, 0) is 9.53 Å². The summed E-state index contributed by atoms with van der Waals surface area (Å²) >= 11 is 0. The molecule has 98 valence electrons. The third-order valence-electron chi connectivity index (χ3n) is 1.79. The lowest BCUT2D eigenvalue weighted by molar-refractivity contribution is -0.146. The van der Waals surface area contributed by atoms with E-state index in [9.17, 15) is 13.6 Å². The van der Waals surface area contributed by atoms with Gasteiger partial charge in [-0.05, 0) is 32.9 Å². The molecular formula is C11H13F2N3O2. The fourth-order valence-electron chi connectivity index (χ4n) is 1.15. The summed E-state index contributed by atoms with van der Waals surface area (Å²) < 4.78 is 31.0. The van der Waals surface area contributed by atoms with Crippen molar-refractivity contribution in [1.82, 2.24) is 4.98 Å². The Bertz CT molecular complexity index is 496. The number of carbonyl (C=O) groups is 1. The summed E-state index contributed by atoms with van der Waals surface area (Å²) in [5, 5.41) is 3.17. The minimum Gasteiger partial charge on any atom is -0.455 e. The van der Waals surface area contributed by atoms with Crippen LogP contribution in [0.5, 0.6) is 0 Å². The smallest absolute Gasteiger partial charge is 0.360 e. The molecule has 0 aliphatic rings. The Hall–Kier alpha value is -2.05. The molecule has 0 fully saturated rings. The van der Waals surface area contributed by atoms with Gasteiger partial charge in [-0.2, -0.15) is 18.9 Å². The molecule has 0 saturated heterocycles. The van der Waals surface area contributed by atoms with Crippen LogP contribution in [0.1, 0.15) is 26.3 Å². The molecule has 7 heteroatoms. The second-order valence-electron chi connectivity index (χ2n) is 4.45. The van der Waals surface area contributed by atoms with E-state index in [1.807, 2.05) is 0 Å². The van der Waals surface area contributed by atoms with E-state index < -0.39 is 29.2 Å². The summed E-state index contributed by atoms with van der Waals surface area (Å²) in [6.45, 7) is 4.91. The first-order valence-electron chi connectivity index (χ1n) is 5.08. The number of pyridine rings is 1. The minimum atomic E-state index is -1.18. The first-order valence-corrected chi connectivity index (χ1v) is 5.08. The van der Waals surface area contributed by atoms with Gasteiger partial charge in [0.05, 0.1) is 5.56 Å². The van der Waals surface area contributed by atoms with Gasteiger partial charge in [-0.25, -0.2) is 4.79 Å². The van der Waals surface area contributed by atoms with Gasteiger partial charge in [-0.15, -0.1) is 0 Å². The maximum absolute atomic E-state index is 13.4. The van der Waals surface area contributed by atoms with Gasteiger partial charge in [0.25, 0.3) is 0 Å². The van der Waals surface area contributed by atoms with E-state index in [0.717, 1.165) is 12.1 Å². The number of nitrogens with zero attached hydrogens (tertiary/aromatic N) is 2. The van der Waals surface area contributed by atoms with E-state index >= 15 is 0 Å². The van der Waals surface area contributed by atoms with Gasteiger partial charge in [0, 0.05) is 0 Å². The molecule has 1 aromatic heterocycles. The van der Waals surface area contributed by atoms with Crippen molar-refractivity contribution >= 4 is 11.7 Å². The summed E-state index contributed by atoms with van der Waals surface area (Å²) in [6, 6.07) is 1.92. The standard InChI is InChI=1S/C11H13F2N3O2/c1-11(2,3)18-10(17)8(16-14)6-4-5-7(12)15-9(6)13/h4-5H,14H2,1-3H3/b16-8+. The Balaban J connectivity index is 3.08. The summed E-state index contributed by atoms with van der Waals surface area (Å²) in [6.07, 6.45) is 0. The molecule has 0 amide bonds. The van der Waals surface area contributed by atoms with Crippen molar-refractivity contribution in [3.8, 4) is 0 Å². The van der Waals surface area contributed by atoms with Crippen LogP contribution in [0.4, 0.5) is 8.78 Å². The normalized spacial score (nSPS) is 12.4. The largest absolute Gasteiger partial charge is 0.455 e. The Morgan fingerprint density at radius 1 is 1.39 bits per heavy atom. The number of ether oxygens (including phenoxy) is 1. The third-order valence-corrected chi connectivity index (χ3v) is 1.79. The molecule has 0 aliphatic carbocycles. The Morgan fingerprint density at radius 3 is 2.44 bits per heavy atom. The van der Waals surface area contributed by atoms with E-state index in [2.05, 4.69) is 10.1 Å². The molecule has 0 saturated carbocycles. The van der Waals surface area contributed by atoms with Crippen LogP contribution in [0.3, 0.4) is 0 Å². The Labute approximate surface area is 103 Å². The van der Waals surface area contributed by atoms with Crippen LogP contribution in [0.2, 0.25) is 0 Å². The SMILES string of the molecule is CC(C)(C)OC(=O)/C(=N/N)c1ccc(F)nc1F. The molecule has 0 aliphatic heterocycles. The first-order chi connectivity index (χ1) is 8.24. The first kappa shape index (κ1) is 14.0. The minimum absolute atomic E-state index is 0.312. The molecule has 0 radical (unpaired) electrons. The average molecular weight is 257 g/mol. The number of halogens is 2. The van der Waals surface area contributed by atoms with Crippen LogP contribution in [0.15, 0.2) is 17.2 Å². The van der Waals surface area contributed by atoms with Gasteiger partial charge >= 0.3 is 5.97 Å². The summed E-state index contributed by atoms with van der Waals surface area (Å²) in [5.41, 5.74) is -1.54. The van der Waals surface area contributed by atoms with E-state index in [1.54, 1.807) is 20.8 Å². The highest BCUT2D eigenvalue weighted by Gasteiger charge is 2.25. The molecule has 1 aromatic rings. The Kier molecular flexibility index (Phi) is 3.95. The van der Waals surface area contributed by atoms with Crippen molar-refractivity contribution in [3.05, 3.63) is 29.6 Å². The van der Waals surface area contributed by atoms with Gasteiger partial charge in [0.15, 0.2) is 5.71 Å². The molecule has 0 atom stereocenters. The van der Waals surface area contributed by atoms with Crippen LogP contribution < -0.4 is 5.84 Å². The molecule has 1 heterocycles. The van der Waals surface area contributed by atoms with Crippen molar-refractivity contribution < 1.29 is 18.3 Å². The van der Waals surface area contributed by atoms with Crippen molar-refractivity contribution in [2.45, 2.75) is 26.4 Å². The molecule has 5 nitrogen and oxygen atoms in total. The Morgan fingerprint density at radius 2 is 2.00 bits per heavy atom. The van der Waals surface area contributed by atoms with Crippen molar-refractivity contribution in [2.24, 2.45) is 10.9 Å². The second kappa shape index (κ2) is 5.07. The van der Waals surface area contributed by atoms with Crippen LogP contribution in [-0.4, -0.2) is 22.3 Å². The number of nitrogens with two attached hydrogens (primary N) is 1. The van der Waals surface area contributed by atoms with Gasteiger partial charge in [-0.1, -0.05) is 0 Å². The maximum atomic E-state index is 13.4.